The molecule has 1 fully saturated rings. The molecule has 1 aromatic carbocycles. The first-order valence-corrected chi connectivity index (χ1v) is 7.84. The first-order chi connectivity index (χ1) is 8.77. The first-order valence-electron chi connectivity index (χ1n) is 7.84. The van der Waals surface area contributed by atoms with Crippen molar-refractivity contribution >= 4 is 0 Å². The molecule has 18 heavy (non-hydrogen) atoms. The summed E-state index contributed by atoms with van der Waals surface area (Å²) in [5, 5.41) is 0. The van der Waals surface area contributed by atoms with Crippen molar-refractivity contribution in [2.45, 2.75) is 65.2 Å². The zero-order valence-corrected chi connectivity index (χ0v) is 12.1. The monoisotopic (exact) mass is 244 g/mol. The SMILES string of the molecule is CC(C)C1CCCCC1.c1ccc2c(c1)CCC2. The van der Waals surface area contributed by atoms with Crippen molar-refractivity contribution in [2.24, 2.45) is 11.8 Å². The van der Waals surface area contributed by atoms with Crippen LogP contribution in [0.4, 0.5) is 0 Å². The van der Waals surface area contributed by atoms with Gasteiger partial charge in [0.15, 0.2) is 0 Å². The second kappa shape index (κ2) is 6.97. The summed E-state index contributed by atoms with van der Waals surface area (Å²) >= 11 is 0. The van der Waals surface area contributed by atoms with E-state index >= 15 is 0 Å². The maximum atomic E-state index is 2.36. The van der Waals surface area contributed by atoms with Crippen molar-refractivity contribution in [1.82, 2.24) is 0 Å². The zero-order valence-electron chi connectivity index (χ0n) is 12.1. The number of hydrogen-bond donors (Lipinski definition) is 0. The van der Waals surface area contributed by atoms with Crippen molar-refractivity contribution in [1.29, 1.82) is 0 Å². The van der Waals surface area contributed by atoms with Gasteiger partial charge in [0, 0.05) is 0 Å². The summed E-state index contributed by atoms with van der Waals surface area (Å²) in [6, 6.07) is 8.74. The van der Waals surface area contributed by atoms with Gasteiger partial charge in [-0.25, -0.2) is 0 Å². The molecule has 100 valence electrons. The Morgan fingerprint density at radius 2 is 1.39 bits per heavy atom. The lowest BCUT2D eigenvalue weighted by atomic mass is 9.82. The van der Waals surface area contributed by atoms with Crippen LogP contribution < -0.4 is 0 Å². The number of benzene rings is 1. The van der Waals surface area contributed by atoms with Gasteiger partial charge in [0.05, 0.1) is 0 Å². The molecular formula is C18H28. The molecule has 0 heteroatoms. The summed E-state index contributed by atoms with van der Waals surface area (Å²) < 4.78 is 0. The summed E-state index contributed by atoms with van der Waals surface area (Å²) in [6.45, 7) is 4.71. The fourth-order valence-electron chi connectivity index (χ4n) is 3.32. The standard InChI is InChI=1S/C9H10.C9H18/c1-2-5-9-7-3-6-8(9)4-1;1-8(2)9-6-4-3-5-7-9/h1-2,4-5H,3,6-7H2;8-9H,3-7H2,1-2H3. The second-order valence-electron chi connectivity index (χ2n) is 6.26. The highest BCUT2D eigenvalue weighted by Crippen LogP contribution is 2.29. The molecule has 0 unspecified atom stereocenters. The number of rotatable bonds is 1. The third-order valence-corrected chi connectivity index (χ3v) is 4.60. The maximum absolute atomic E-state index is 2.36. The molecule has 2 aliphatic carbocycles. The Morgan fingerprint density at radius 3 is 1.83 bits per heavy atom. The van der Waals surface area contributed by atoms with Crippen LogP contribution in [0.25, 0.3) is 0 Å². The van der Waals surface area contributed by atoms with Gasteiger partial charge >= 0.3 is 0 Å². The summed E-state index contributed by atoms with van der Waals surface area (Å²) in [5.41, 5.74) is 3.13. The fourth-order valence-corrected chi connectivity index (χ4v) is 3.32. The first kappa shape index (κ1) is 13.6. The molecule has 0 atom stereocenters. The molecule has 0 aromatic heterocycles. The molecule has 0 nitrogen and oxygen atoms in total. The van der Waals surface area contributed by atoms with Crippen LogP contribution in [0, 0.1) is 11.8 Å². The smallest absolute Gasteiger partial charge is 0.0273 e. The Labute approximate surface area is 113 Å². The molecule has 0 bridgehead atoms. The number of aryl methyl sites for hydroxylation is 2. The quantitative estimate of drug-likeness (QED) is 0.620. The van der Waals surface area contributed by atoms with Crippen molar-refractivity contribution in [2.75, 3.05) is 0 Å². The number of hydrogen-bond acceptors (Lipinski definition) is 0. The predicted molar refractivity (Wildman–Crippen MR) is 79.9 cm³/mol. The molecule has 0 amide bonds. The van der Waals surface area contributed by atoms with Crippen LogP contribution in [0.2, 0.25) is 0 Å². The maximum Gasteiger partial charge on any atom is -0.0273 e. The van der Waals surface area contributed by atoms with Gasteiger partial charge in [0.1, 0.15) is 0 Å². The van der Waals surface area contributed by atoms with E-state index in [1.165, 1.54) is 51.4 Å². The van der Waals surface area contributed by atoms with Crippen molar-refractivity contribution in [3.05, 3.63) is 35.4 Å². The minimum atomic E-state index is 0.935. The Hall–Kier alpha value is -0.780. The lowest BCUT2D eigenvalue weighted by molar-refractivity contribution is 0.279. The van der Waals surface area contributed by atoms with E-state index in [-0.39, 0.29) is 0 Å². The van der Waals surface area contributed by atoms with Gasteiger partial charge in [-0.3, -0.25) is 0 Å². The molecule has 1 aromatic rings. The van der Waals surface area contributed by atoms with Crippen LogP contribution >= 0.6 is 0 Å². The Kier molecular flexibility index (Phi) is 5.28. The average Bonchev–Trinajstić information content (AvgIpc) is 2.89. The lowest BCUT2D eigenvalue weighted by Gasteiger charge is -2.24. The predicted octanol–water partition coefficient (Wildman–Crippen LogP) is 5.40. The highest BCUT2D eigenvalue weighted by atomic mass is 14.2. The van der Waals surface area contributed by atoms with Gasteiger partial charge < -0.3 is 0 Å². The van der Waals surface area contributed by atoms with Crippen LogP contribution in [0.3, 0.4) is 0 Å². The van der Waals surface area contributed by atoms with E-state index in [9.17, 15) is 0 Å². The van der Waals surface area contributed by atoms with Gasteiger partial charge in [-0.05, 0) is 42.2 Å². The van der Waals surface area contributed by atoms with Crippen LogP contribution in [0.1, 0.15) is 63.5 Å². The molecule has 3 rings (SSSR count). The van der Waals surface area contributed by atoms with Crippen LogP contribution in [0.5, 0.6) is 0 Å². The lowest BCUT2D eigenvalue weighted by Crippen LogP contribution is -2.12. The van der Waals surface area contributed by atoms with Gasteiger partial charge in [-0.1, -0.05) is 70.2 Å². The Morgan fingerprint density at radius 1 is 0.833 bits per heavy atom. The summed E-state index contributed by atoms with van der Waals surface area (Å²) in [5.74, 6) is 1.99. The van der Waals surface area contributed by atoms with E-state index in [0.29, 0.717) is 0 Å². The topological polar surface area (TPSA) is 0 Å². The summed E-state index contributed by atoms with van der Waals surface area (Å²) in [7, 11) is 0. The van der Waals surface area contributed by atoms with Crippen molar-refractivity contribution in [3.8, 4) is 0 Å². The average molecular weight is 244 g/mol. The molecule has 0 saturated heterocycles. The highest BCUT2D eigenvalue weighted by molar-refractivity contribution is 5.30. The molecule has 1 saturated carbocycles. The van der Waals surface area contributed by atoms with Gasteiger partial charge in [0.2, 0.25) is 0 Å². The van der Waals surface area contributed by atoms with E-state index in [1.54, 1.807) is 11.1 Å². The Bertz CT molecular complexity index is 322. The summed E-state index contributed by atoms with van der Waals surface area (Å²) in [6.07, 6.45) is 11.4. The minimum absolute atomic E-state index is 0.935. The fraction of sp³-hybridized carbons (Fsp3) is 0.667. The summed E-state index contributed by atoms with van der Waals surface area (Å²) in [4.78, 5) is 0. The number of fused-ring (bicyclic) bond motifs is 1. The van der Waals surface area contributed by atoms with Crippen LogP contribution in [0.15, 0.2) is 24.3 Å². The van der Waals surface area contributed by atoms with E-state index in [2.05, 4.69) is 38.1 Å². The van der Waals surface area contributed by atoms with Crippen molar-refractivity contribution in [3.63, 3.8) is 0 Å². The zero-order chi connectivity index (χ0) is 12.8. The van der Waals surface area contributed by atoms with Crippen LogP contribution in [-0.4, -0.2) is 0 Å². The van der Waals surface area contributed by atoms with E-state index in [1.807, 2.05) is 0 Å². The molecule has 2 aliphatic rings. The van der Waals surface area contributed by atoms with Gasteiger partial charge in [-0.2, -0.15) is 0 Å². The second-order valence-corrected chi connectivity index (χ2v) is 6.26. The molecular weight excluding hydrogens is 216 g/mol. The molecule has 0 heterocycles. The van der Waals surface area contributed by atoms with Gasteiger partial charge in [-0.15, -0.1) is 0 Å². The molecule has 0 N–H and O–H groups in total. The van der Waals surface area contributed by atoms with Crippen LogP contribution in [-0.2, 0) is 12.8 Å². The molecule has 0 spiro atoms. The van der Waals surface area contributed by atoms with Gasteiger partial charge in [0.25, 0.3) is 0 Å². The third kappa shape index (κ3) is 3.86. The Balaban J connectivity index is 0.000000134. The highest BCUT2D eigenvalue weighted by Gasteiger charge is 2.15. The normalized spacial score (nSPS) is 19.3. The van der Waals surface area contributed by atoms with E-state index in [4.69, 9.17) is 0 Å². The minimum Gasteiger partial charge on any atom is -0.0625 e. The van der Waals surface area contributed by atoms with E-state index in [0.717, 1.165) is 11.8 Å². The molecule has 0 aliphatic heterocycles. The third-order valence-electron chi connectivity index (χ3n) is 4.60. The van der Waals surface area contributed by atoms with Crippen molar-refractivity contribution < 1.29 is 0 Å². The van der Waals surface area contributed by atoms with E-state index < -0.39 is 0 Å². The molecule has 0 radical (unpaired) electrons. The largest absolute Gasteiger partial charge is 0.0625 e.